The molecule has 2 N–H and O–H groups in total. The van der Waals surface area contributed by atoms with Gasteiger partial charge in [-0.2, -0.15) is 0 Å². The molecule has 0 amide bonds. The Hall–Kier alpha value is -0.930. The van der Waals surface area contributed by atoms with Gasteiger partial charge in [-0.15, -0.1) is 0 Å². The molecule has 1 heterocycles. The molecule has 0 aliphatic rings. The summed E-state index contributed by atoms with van der Waals surface area (Å²) < 4.78 is 6.09. The summed E-state index contributed by atoms with van der Waals surface area (Å²) in [5.74, 6) is 0. The molecule has 108 valence electrons. The van der Waals surface area contributed by atoms with E-state index in [1.54, 1.807) is 6.20 Å². The summed E-state index contributed by atoms with van der Waals surface area (Å²) in [6.07, 6.45) is 8.10. The summed E-state index contributed by atoms with van der Waals surface area (Å²) in [4.78, 5) is 4.36. The molecule has 0 bridgehead atoms. The number of unbranched alkanes of at least 4 members (excludes halogenated alkanes) is 3. The molecular formula is C16H28N2O. The highest BCUT2D eigenvalue weighted by atomic mass is 16.5. The fourth-order valence-corrected chi connectivity index (χ4v) is 2.18. The van der Waals surface area contributed by atoms with Crippen molar-refractivity contribution in [2.24, 2.45) is 5.73 Å². The van der Waals surface area contributed by atoms with Crippen molar-refractivity contribution in [3.8, 4) is 0 Å². The zero-order valence-electron chi connectivity index (χ0n) is 12.5. The Morgan fingerprint density at radius 2 is 2.00 bits per heavy atom. The van der Waals surface area contributed by atoms with E-state index >= 15 is 0 Å². The molecule has 0 saturated heterocycles. The van der Waals surface area contributed by atoms with Gasteiger partial charge in [0.05, 0.1) is 11.8 Å². The van der Waals surface area contributed by atoms with E-state index < -0.39 is 0 Å². The second-order valence-electron chi connectivity index (χ2n) is 5.33. The predicted octanol–water partition coefficient (Wildman–Crippen LogP) is 3.85. The first kappa shape index (κ1) is 16.1. The zero-order valence-corrected chi connectivity index (χ0v) is 12.5. The van der Waals surface area contributed by atoms with E-state index in [0.29, 0.717) is 0 Å². The Kier molecular flexibility index (Phi) is 7.68. The first-order chi connectivity index (χ1) is 9.15. The molecule has 0 fully saturated rings. The van der Waals surface area contributed by atoms with Crippen molar-refractivity contribution in [2.75, 3.05) is 0 Å². The lowest BCUT2D eigenvalue weighted by Crippen LogP contribution is -2.30. The normalized spacial score (nSPS) is 16.0. The third-order valence-corrected chi connectivity index (χ3v) is 3.30. The number of nitrogens with two attached hydrogens (primary N) is 1. The van der Waals surface area contributed by atoms with Crippen LogP contribution in [0.25, 0.3) is 0 Å². The maximum absolute atomic E-state index is 6.09. The number of nitrogens with zero attached hydrogens (tertiary/aromatic N) is 1. The maximum atomic E-state index is 6.09. The number of aromatic nitrogens is 1. The number of ether oxygens (including phenoxy) is 1. The van der Waals surface area contributed by atoms with Gasteiger partial charge in [0.15, 0.2) is 0 Å². The molecule has 1 aromatic rings. The van der Waals surface area contributed by atoms with E-state index in [1.165, 1.54) is 25.7 Å². The lowest BCUT2D eigenvalue weighted by molar-refractivity contribution is -0.0217. The van der Waals surface area contributed by atoms with Gasteiger partial charge in [-0.25, -0.2) is 0 Å². The highest BCUT2D eigenvalue weighted by molar-refractivity contribution is 5.08. The molecule has 0 saturated carbocycles. The van der Waals surface area contributed by atoms with E-state index in [0.717, 1.165) is 12.1 Å². The molecule has 0 aliphatic carbocycles. The second kappa shape index (κ2) is 9.05. The molecular weight excluding hydrogens is 236 g/mol. The van der Waals surface area contributed by atoms with Crippen molar-refractivity contribution < 1.29 is 4.74 Å². The van der Waals surface area contributed by atoms with Gasteiger partial charge in [-0.1, -0.05) is 38.7 Å². The molecule has 0 radical (unpaired) electrons. The number of pyridine rings is 1. The highest BCUT2D eigenvalue weighted by Gasteiger charge is 2.20. The molecule has 0 aromatic carbocycles. The van der Waals surface area contributed by atoms with Crippen LogP contribution in [0, 0.1) is 0 Å². The lowest BCUT2D eigenvalue weighted by Gasteiger charge is -2.25. The first-order valence-electron chi connectivity index (χ1n) is 7.47. The largest absolute Gasteiger partial charge is 0.367 e. The summed E-state index contributed by atoms with van der Waals surface area (Å²) in [6.45, 7) is 6.33. The Morgan fingerprint density at radius 3 is 2.58 bits per heavy atom. The Balaban J connectivity index is 2.45. The van der Waals surface area contributed by atoms with Crippen molar-refractivity contribution >= 4 is 0 Å². The molecule has 1 aromatic heterocycles. The van der Waals surface area contributed by atoms with Crippen molar-refractivity contribution in [1.29, 1.82) is 0 Å². The Labute approximate surface area is 117 Å². The van der Waals surface area contributed by atoms with Crippen LogP contribution in [0.5, 0.6) is 0 Å². The number of hydrogen-bond acceptors (Lipinski definition) is 3. The van der Waals surface area contributed by atoms with Crippen LogP contribution in [0.3, 0.4) is 0 Å². The van der Waals surface area contributed by atoms with E-state index in [-0.39, 0.29) is 18.2 Å². The molecule has 0 spiro atoms. The van der Waals surface area contributed by atoms with E-state index in [2.05, 4.69) is 18.8 Å². The molecule has 19 heavy (non-hydrogen) atoms. The van der Waals surface area contributed by atoms with Gasteiger partial charge in [0.1, 0.15) is 6.10 Å². The second-order valence-corrected chi connectivity index (χ2v) is 5.33. The van der Waals surface area contributed by atoms with Gasteiger partial charge in [-0.3, -0.25) is 4.98 Å². The summed E-state index contributed by atoms with van der Waals surface area (Å²) >= 11 is 0. The third kappa shape index (κ3) is 6.17. The standard InChI is InChI=1S/C16H28N2O/c1-4-5-6-7-10-13(2)19-16(14(3)17)15-11-8-9-12-18-15/h8-9,11-14,16H,4-7,10,17H2,1-3H3. The molecule has 3 heteroatoms. The summed E-state index contributed by atoms with van der Waals surface area (Å²) in [7, 11) is 0. The van der Waals surface area contributed by atoms with Crippen molar-refractivity contribution in [3.05, 3.63) is 30.1 Å². The topological polar surface area (TPSA) is 48.1 Å². The van der Waals surface area contributed by atoms with Gasteiger partial charge < -0.3 is 10.5 Å². The number of hydrogen-bond donors (Lipinski definition) is 1. The summed E-state index contributed by atoms with van der Waals surface area (Å²) in [5, 5.41) is 0. The maximum Gasteiger partial charge on any atom is 0.114 e. The summed E-state index contributed by atoms with van der Waals surface area (Å²) in [5.41, 5.74) is 6.96. The van der Waals surface area contributed by atoms with Crippen LogP contribution in [0.1, 0.15) is 64.7 Å². The van der Waals surface area contributed by atoms with Gasteiger partial charge >= 0.3 is 0 Å². The minimum Gasteiger partial charge on any atom is -0.367 e. The SMILES string of the molecule is CCCCCCC(C)OC(c1ccccn1)C(C)N. The van der Waals surface area contributed by atoms with Crippen molar-refractivity contribution in [2.45, 2.75) is 71.1 Å². The Morgan fingerprint density at radius 1 is 1.21 bits per heavy atom. The smallest absolute Gasteiger partial charge is 0.114 e. The van der Waals surface area contributed by atoms with Crippen LogP contribution in [-0.4, -0.2) is 17.1 Å². The van der Waals surface area contributed by atoms with Gasteiger partial charge in [0.25, 0.3) is 0 Å². The number of rotatable bonds is 9. The zero-order chi connectivity index (χ0) is 14.1. The first-order valence-corrected chi connectivity index (χ1v) is 7.47. The molecule has 3 unspecified atom stereocenters. The van der Waals surface area contributed by atoms with E-state index in [4.69, 9.17) is 10.5 Å². The van der Waals surface area contributed by atoms with Gasteiger partial charge in [0.2, 0.25) is 0 Å². The minimum absolute atomic E-state index is 0.0482. The van der Waals surface area contributed by atoms with Crippen LogP contribution in [0.15, 0.2) is 24.4 Å². The van der Waals surface area contributed by atoms with Gasteiger partial charge in [0, 0.05) is 12.2 Å². The van der Waals surface area contributed by atoms with Crippen molar-refractivity contribution in [3.63, 3.8) is 0 Å². The van der Waals surface area contributed by atoms with E-state index in [9.17, 15) is 0 Å². The highest BCUT2D eigenvalue weighted by Crippen LogP contribution is 2.22. The quantitative estimate of drug-likeness (QED) is 0.689. The van der Waals surface area contributed by atoms with Crippen LogP contribution in [0.4, 0.5) is 0 Å². The summed E-state index contributed by atoms with van der Waals surface area (Å²) in [6, 6.07) is 5.83. The lowest BCUT2D eigenvalue weighted by atomic mass is 10.1. The average Bonchev–Trinajstić information content (AvgIpc) is 2.41. The third-order valence-electron chi connectivity index (χ3n) is 3.30. The van der Waals surface area contributed by atoms with Crippen LogP contribution >= 0.6 is 0 Å². The monoisotopic (exact) mass is 264 g/mol. The average molecular weight is 264 g/mol. The molecule has 3 atom stereocenters. The molecule has 1 rings (SSSR count). The van der Waals surface area contributed by atoms with Crippen LogP contribution < -0.4 is 5.73 Å². The molecule has 0 aliphatic heterocycles. The van der Waals surface area contributed by atoms with Crippen LogP contribution in [-0.2, 0) is 4.74 Å². The fraction of sp³-hybridized carbons (Fsp3) is 0.688. The predicted molar refractivity (Wildman–Crippen MR) is 79.9 cm³/mol. The van der Waals surface area contributed by atoms with Gasteiger partial charge in [-0.05, 0) is 32.4 Å². The Bertz CT molecular complexity index is 327. The van der Waals surface area contributed by atoms with Crippen LogP contribution in [0.2, 0.25) is 0 Å². The molecule has 3 nitrogen and oxygen atoms in total. The van der Waals surface area contributed by atoms with Crippen molar-refractivity contribution in [1.82, 2.24) is 4.98 Å². The van der Waals surface area contributed by atoms with E-state index in [1.807, 2.05) is 25.1 Å². The minimum atomic E-state index is -0.109. The fourth-order valence-electron chi connectivity index (χ4n) is 2.18.